The van der Waals surface area contributed by atoms with E-state index in [-0.39, 0.29) is 0 Å². The largest absolute Gasteiger partial charge is 0.473 e. The van der Waals surface area contributed by atoms with Crippen molar-refractivity contribution < 1.29 is 19.8 Å². The first-order chi connectivity index (χ1) is 10.9. The topological polar surface area (TPSA) is 109 Å². The zero-order valence-corrected chi connectivity index (χ0v) is 13.0. The molecule has 0 saturated carbocycles. The maximum Gasteiger partial charge on any atom is 0.414 e. The fraction of sp³-hybridized carbons (Fsp3) is 0.375. The summed E-state index contributed by atoms with van der Waals surface area (Å²) in [5, 5.41) is 16.1. The second-order valence-corrected chi connectivity index (χ2v) is 5.70. The Morgan fingerprint density at radius 3 is 2.26 bits per heavy atom. The highest BCUT2D eigenvalue weighted by molar-refractivity contribution is 6.27. The average molecular weight is 319 g/mol. The Bertz CT molecular complexity index is 690. The number of para-hydroxylation sites is 1. The number of piperidine rings is 1. The van der Waals surface area contributed by atoms with Gasteiger partial charge in [-0.15, -0.1) is 0 Å². The first-order valence-corrected chi connectivity index (χ1v) is 7.40. The van der Waals surface area contributed by atoms with E-state index in [4.69, 9.17) is 25.6 Å². The predicted octanol–water partition coefficient (Wildman–Crippen LogP) is 1.32. The molecule has 0 bridgehead atoms. The zero-order valence-electron chi connectivity index (χ0n) is 13.0. The molecule has 0 spiro atoms. The number of nitrogens with two attached hydrogens (primary N) is 1. The van der Waals surface area contributed by atoms with Crippen LogP contribution in [0.25, 0.3) is 10.9 Å². The second kappa shape index (κ2) is 7.15. The molecular weight excluding hydrogens is 298 g/mol. The zero-order chi connectivity index (χ0) is 17.0. The fourth-order valence-corrected chi connectivity index (χ4v) is 2.88. The smallest absolute Gasteiger partial charge is 0.414 e. The van der Waals surface area contributed by atoms with Gasteiger partial charge >= 0.3 is 11.9 Å². The first kappa shape index (κ1) is 16.8. The molecule has 1 aliphatic heterocycles. The number of aliphatic carboxylic acids is 2. The van der Waals surface area contributed by atoms with E-state index in [1.165, 1.54) is 36.9 Å². The quantitative estimate of drug-likeness (QED) is 0.540. The molecule has 1 fully saturated rings. The Labute approximate surface area is 133 Å². The number of nitrogens with zero attached hydrogens (tertiary/aromatic N) is 2. The third-order valence-electron chi connectivity index (χ3n) is 4.11. The van der Waals surface area contributed by atoms with Crippen LogP contribution in [0, 0.1) is 0 Å². The van der Waals surface area contributed by atoms with E-state index in [0.29, 0.717) is 5.92 Å². The van der Waals surface area contributed by atoms with Crippen LogP contribution in [0.2, 0.25) is 0 Å². The lowest BCUT2D eigenvalue weighted by Crippen LogP contribution is -2.29. The molecule has 0 unspecified atom stereocenters. The van der Waals surface area contributed by atoms with Crippen molar-refractivity contribution >= 4 is 22.8 Å². The molecule has 0 amide bonds. The first-order valence-electron chi connectivity index (χ1n) is 7.40. The highest BCUT2D eigenvalue weighted by atomic mass is 16.4. The number of benzene rings is 1. The summed E-state index contributed by atoms with van der Waals surface area (Å²) in [5.41, 5.74) is 2.57. The SMILES string of the molecule is CN1CCC(c2cn(N)c3ccccc23)CC1.O=C(O)C(=O)O. The van der Waals surface area contributed by atoms with E-state index in [0.717, 1.165) is 5.52 Å². The van der Waals surface area contributed by atoms with E-state index < -0.39 is 11.9 Å². The fourth-order valence-electron chi connectivity index (χ4n) is 2.88. The van der Waals surface area contributed by atoms with Crippen molar-refractivity contribution in [2.45, 2.75) is 18.8 Å². The summed E-state index contributed by atoms with van der Waals surface area (Å²) >= 11 is 0. The van der Waals surface area contributed by atoms with Crippen LogP contribution >= 0.6 is 0 Å². The molecule has 4 N–H and O–H groups in total. The highest BCUT2D eigenvalue weighted by Crippen LogP contribution is 2.33. The van der Waals surface area contributed by atoms with Gasteiger partial charge in [-0.1, -0.05) is 18.2 Å². The number of hydrogen-bond acceptors (Lipinski definition) is 4. The summed E-state index contributed by atoms with van der Waals surface area (Å²) < 4.78 is 1.77. The van der Waals surface area contributed by atoms with Gasteiger partial charge in [0.2, 0.25) is 0 Å². The number of aromatic nitrogens is 1. The molecule has 0 aliphatic carbocycles. The van der Waals surface area contributed by atoms with Gasteiger partial charge in [-0.3, -0.25) is 4.68 Å². The third-order valence-corrected chi connectivity index (χ3v) is 4.11. The van der Waals surface area contributed by atoms with E-state index in [9.17, 15) is 0 Å². The Kier molecular flexibility index (Phi) is 5.23. The molecule has 1 aromatic carbocycles. The van der Waals surface area contributed by atoms with Gasteiger partial charge in [0.15, 0.2) is 0 Å². The van der Waals surface area contributed by atoms with Gasteiger partial charge in [0.05, 0.1) is 5.52 Å². The van der Waals surface area contributed by atoms with Crippen LogP contribution < -0.4 is 5.84 Å². The summed E-state index contributed by atoms with van der Waals surface area (Å²) in [6.45, 7) is 2.38. The molecule has 23 heavy (non-hydrogen) atoms. The number of fused-ring (bicyclic) bond motifs is 1. The minimum absolute atomic E-state index is 0.667. The van der Waals surface area contributed by atoms with Crippen molar-refractivity contribution in [3.05, 3.63) is 36.0 Å². The van der Waals surface area contributed by atoms with Crippen LogP contribution in [0.3, 0.4) is 0 Å². The van der Waals surface area contributed by atoms with Crippen molar-refractivity contribution in [1.82, 2.24) is 9.58 Å². The number of nitrogen functional groups attached to an aromatic ring is 1. The van der Waals surface area contributed by atoms with Crippen molar-refractivity contribution in [3.8, 4) is 0 Å². The number of hydrogen-bond donors (Lipinski definition) is 3. The summed E-state index contributed by atoms with van der Waals surface area (Å²) in [6.07, 6.45) is 4.59. The number of rotatable bonds is 1. The van der Waals surface area contributed by atoms with Crippen molar-refractivity contribution in [2.75, 3.05) is 26.0 Å². The Hall–Kier alpha value is -2.54. The van der Waals surface area contributed by atoms with Crippen molar-refractivity contribution in [1.29, 1.82) is 0 Å². The molecule has 1 saturated heterocycles. The van der Waals surface area contributed by atoms with E-state index >= 15 is 0 Å². The van der Waals surface area contributed by atoms with Crippen LogP contribution in [0.15, 0.2) is 30.5 Å². The Morgan fingerprint density at radius 1 is 1.13 bits per heavy atom. The Morgan fingerprint density at radius 2 is 1.70 bits per heavy atom. The van der Waals surface area contributed by atoms with Crippen LogP contribution in [0.5, 0.6) is 0 Å². The van der Waals surface area contributed by atoms with Gasteiger partial charge in [-0.25, -0.2) is 9.59 Å². The monoisotopic (exact) mass is 319 g/mol. The molecule has 7 nitrogen and oxygen atoms in total. The Balaban J connectivity index is 0.000000277. The van der Waals surface area contributed by atoms with Gasteiger partial charge in [-0.2, -0.15) is 0 Å². The summed E-state index contributed by atoms with van der Waals surface area (Å²) in [7, 11) is 2.20. The van der Waals surface area contributed by atoms with Crippen LogP contribution in [0.1, 0.15) is 24.3 Å². The third kappa shape index (κ3) is 4.01. The normalized spacial score (nSPS) is 15.9. The van der Waals surface area contributed by atoms with Gasteiger partial charge in [0.25, 0.3) is 0 Å². The molecular formula is C16H21N3O4. The summed E-state index contributed by atoms with van der Waals surface area (Å²) in [4.78, 5) is 20.6. The van der Waals surface area contributed by atoms with E-state index in [1.807, 2.05) is 6.07 Å². The van der Waals surface area contributed by atoms with Crippen molar-refractivity contribution in [3.63, 3.8) is 0 Å². The lowest BCUT2D eigenvalue weighted by Gasteiger charge is -2.28. The summed E-state index contributed by atoms with van der Waals surface area (Å²) in [6, 6.07) is 8.42. The van der Waals surface area contributed by atoms with Crippen LogP contribution in [-0.4, -0.2) is 51.9 Å². The second-order valence-electron chi connectivity index (χ2n) is 5.70. The molecule has 2 heterocycles. The molecule has 1 aromatic heterocycles. The molecule has 3 rings (SSSR count). The number of carboxylic acid groups (broad SMARTS) is 2. The van der Waals surface area contributed by atoms with Crippen molar-refractivity contribution in [2.24, 2.45) is 0 Å². The van der Waals surface area contributed by atoms with Crippen LogP contribution in [0.4, 0.5) is 0 Å². The maximum absolute atomic E-state index is 9.10. The molecule has 0 radical (unpaired) electrons. The van der Waals surface area contributed by atoms with Gasteiger partial charge in [0, 0.05) is 11.6 Å². The standard InChI is InChI=1S/C14H19N3.C2H2O4/c1-16-8-6-11(7-9-16)13-10-17(15)14-5-3-2-4-12(13)14;3-1(4)2(5)6/h2-5,10-11H,6-9,15H2,1H3;(H,3,4)(H,5,6). The summed E-state index contributed by atoms with van der Waals surface area (Å²) in [5.74, 6) is 3.04. The minimum Gasteiger partial charge on any atom is -0.473 e. The van der Waals surface area contributed by atoms with E-state index in [1.54, 1.807) is 4.68 Å². The van der Waals surface area contributed by atoms with Gasteiger partial charge < -0.3 is 21.0 Å². The molecule has 0 atom stereocenters. The minimum atomic E-state index is -1.82. The number of carbonyl (C=O) groups is 2. The maximum atomic E-state index is 9.10. The predicted molar refractivity (Wildman–Crippen MR) is 86.8 cm³/mol. The van der Waals surface area contributed by atoms with Gasteiger partial charge in [0.1, 0.15) is 0 Å². The van der Waals surface area contributed by atoms with E-state index in [2.05, 4.69) is 36.3 Å². The molecule has 1 aliphatic rings. The molecule has 7 heteroatoms. The van der Waals surface area contributed by atoms with Crippen LogP contribution in [-0.2, 0) is 9.59 Å². The van der Waals surface area contributed by atoms with Gasteiger partial charge in [-0.05, 0) is 50.5 Å². The molecule has 124 valence electrons. The average Bonchev–Trinajstić information content (AvgIpc) is 2.86. The highest BCUT2D eigenvalue weighted by Gasteiger charge is 2.21. The molecule has 2 aromatic rings. The number of likely N-dealkylation sites (tertiary alicyclic amines) is 1. The lowest BCUT2D eigenvalue weighted by molar-refractivity contribution is -0.159. The lowest BCUT2D eigenvalue weighted by atomic mass is 9.89. The number of carboxylic acids is 2.